The minimum absolute atomic E-state index is 0.312. The summed E-state index contributed by atoms with van der Waals surface area (Å²) in [6.07, 6.45) is 0.312. The number of aromatic nitrogens is 1. The van der Waals surface area contributed by atoms with E-state index in [1.54, 1.807) is 0 Å². The molecule has 1 atom stereocenters. The third-order valence-corrected chi connectivity index (χ3v) is 2.76. The van der Waals surface area contributed by atoms with Crippen molar-refractivity contribution in [3.05, 3.63) is 16.1 Å². The molecule has 0 aliphatic carbocycles. The minimum Gasteiger partial charge on any atom is -0.480 e. The lowest BCUT2D eigenvalue weighted by atomic mass is 10.2. The normalized spacial score (nSPS) is 13.1. The number of aliphatic carboxylic acids is 1. The SMILES string of the molecule is CC(C)c1csc(CC(N)C(=O)O)n1. The fourth-order valence-corrected chi connectivity index (χ4v) is 1.98. The second-order valence-corrected chi connectivity index (χ2v) is 4.41. The molecule has 0 saturated carbocycles. The summed E-state index contributed by atoms with van der Waals surface area (Å²) >= 11 is 1.47. The van der Waals surface area contributed by atoms with Crippen molar-refractivity contribution in [2.45, 2.75) is 32.2 Å². The zero-order valence-corrected chi connectivity index (χ0v) is 9.04. The molecule has 1 aromatic rings. The van der Waals surface area contributed by atoms with Crippen molar-refractivity contribution in [2.24, 2.45) is 5.73 Å². The number of thiazole rings is 1. The van der Waals surface area contributed by atoms with E-state index in [4.69, 9.17) is 10.8 Å². The molecule has 0 radical (unpaired) electrons. The molecule has 1 rings (SSSR count). The molecule has 0 bridgehead atoms. The first kappa shape index (κ1) is 11.1. The molecule has 14 heavy (non-hydrogen) atoms. The van der Waals surface area contributed by atoms with Gasteiger partial charge in [-0.3, -0.25) is 4.79 Å². The molecule has 1 unspecified atom stereocenters. The van der Waals surface area contributed by atoms with E-state index in [9.17, 15) is 4.79 Å². The van der Waals surface area contributed by atoms with Gasteiger partial charge in [-0.05, 0) is 5.92 Å². The maximum absolute atomic E-state index is 10.5. The van der Waals surface area contributed by atoms with E-state index >= 15 is 0 Å². The number of hydrogen-bond donors (Lipinski definition) is 2. The van der Waals surface area contributed by atoms with Gasteiger partial charge in [0.1, 0.15) is 6.04 Å². The second kappa shape index (κ2) is 4.52. The largest absolute Gasteiger partial charge is 0.480 e. The Labute approximate surface area is 86.8 Å². The molecule has 0 saturated heterocycles. The first-order chi connectivity index (χ1) is 6.50. The van der Waals surface area contributed by atoms with E-state index in [-0.39, 0.29) is 0 Å². The highest BCUT2D eigenvalue weighted by atomic mass is 32.1. The summed E-state index contributed by atoms with van der Waals surface area (Å²) in [5, 5.41) is 11.4. The van der Waals surface area contributed by atoms with Crippen molar-refractivity contribution >= 4 is 17.3 Å². The zero-order chi connectivity index (χ0) is 10.7. The predicted molar refractivity (Wildman–Crippen MR) is 55.5 cm³/mol. The van der Waals surface area contributed by atoms with Crippen molar-refractivity contribution in [2.75, 3.05) is 0 Å². The number of nitrogens with zero attached hydrogens (tertiary/aromatic N) is 1. The van der Waals surface area contributed by atoms with Crippen LogP contribution in [0.25, 0.3) is 0 Å². The van der Waals surface area contributed by atoms with Gasteiger partial charge in [0.25, 0.3) is 0 Å². The van der Waals surface area contributed by atoms with Gasteiger partial charge >= 0.3 is 5.97 Å². The average Bonchev–Trinajstić information content (AvgIpc) is 2.52. The van der Waals surface area contributed by atoms with Crippen LogP contribution in [0, 0.1) is 0 Å². The number of rotatable bonds is 4. The highest BCUT2D eigenvalue weighted by Gasteiger charge is 2.15. The molecule has 1 heterocycles. The molecule has 0 spiro atoms. The summed E-state index contributed by atoms with van der Waals surface area (Å²) in [5.74, 6) is -0.604. The topological polar surface area (TPSA) is 76.2 Å². The van der Waals surface area contributed by atoms with Crippen LogP contribution in [0.5, 0.6) is 0 Å². The summed E-state index contributed by atoms with van der Waals surface area (Å²) < 4.78 is 0. The number of hydrogen-bond acceptors (Lipinski definition) is 4. The summed E-state index contributed by atoms with van der Waals surface area (Å²) in [6.45, 7) is 4.10. The molecule has 3 N–H and O–H groups in total. The fraction of sp³-hybridized carbons (Fsp3) is 0.556. The van der Waals surface area contributed by atoms with Gasteiger partial charge in [-0.15, -0.1) is 11.3 Å². The van der Waals surface area contributed by atoms with E-state index in [0.29, 0.717) is 12.3 Å². The summed E-state index contributed by atoms with van der Waals surface area (Å²) in [6, 6.07) is -0.846. The highest BCUT2D eigenvalue weighted by Crippen LogP contribution is 2.18. The molecule has 4 nitrogen and oxygen atoms in total. The Bertz CT molecular complexity index is 322. The van der Waals surface area contributed by atoms with Crippen molar-refractivity contribution in [3.8, 4) is 0 Å². The zero-order valence-electron chi connectivity index (χ0n) is 8.23. The van der Waals surface area contributed by atoms with Crippen LogP contribution in [0.2, 0.25) is 0 Å². The first-order valence-corrected chi connectivity index (χ1v) is 5.31. The van der Waals surface area contributed by atoms with Crippen LogP contribution in [0.3, 0.4) is 0 Å². The van der Waals surface area contributed by atoms with Gasteiger partial charge in [-0.25, -0.2) is 4.98 Å². The molecule has 1 aromatic heterocycles. The van der Waals surface area contributed by atoms with Crippen molar-refractivity contribution in [3.63, 3.8) is 0 Å². The molecule has 5 heteroatoms. The minimum atomic E-state index is -0.980. The highest BCUT2D eigenvalue weighted by molar-refractivity contribution is 7.09. The Hall–Kier alpha value is -0.940. The van der Waals surface area contributed by atoms with Gasteiger partial charge in [-0.2, -0.15) is 0 Å². The maximum Gasteiger partial charge on any atom is 0.320 e. The first-order valence-electron chi connectivity index (χ1n) is 4.43. The van der Waals surface area contributed by atoms with Crippen LogP contribution >= 0.6 is 11.3 Å². The molecular weight excluding hydrogens is 200 g/mol. The Kier molecular flexibility index (Phi) is 3.60. The van der Waals surface area contributed by atoms with Gasteiger partial charge in [0.2, 0.25) is 0 Å². The van der Waals surface area contributed by atoms with Crippen molar-refractivity contribution in [1.82, 2.24) is 4.98 Å². The fourth-order valence-electron chi connectivity index (χ4n) is 0.959. The lowest BCUT2D eigenvalue weighted by Gasteiger charge is -2.02. The third kappa shape index (κ3) is 2.78. The van der Waals surface area contributed by atoms with E-state index in [1.807, 2.05) is 5.38 Å². The van der Waals surface area contributed by atoms with Crippen LogP contribution in [-0.4, -0.2) is 22.1 Å². The quantitative estimate of drug-likeness (QED) is 0.790. The van der Waals surface area contributed by atoms with Gasteiger partial charge < -0.3 is 10.8 Å². The smallest absolute Gasteiger partial charge is 0.320 e. The number of carboxylic acid groups (broad SMARTS) is 1. The molecule has 0 fully saturated rings. The molecule has 0 aliphatic heterocycles. The average molecular weight is 214 g/mol. The second-order valence-electron chi connectivity index (χ2n) is 3.47. The predicted octanol–water partition coefficient (Wildman–Crippen LogP) is 1.22. The Morgan fingerprint density at radius 1 is 1.71 bits per heavy atom. The Morgan fingerprint density at radius 3 is 2.79 bits per heavy atom. The van der Waals surface area contributed by atoms with Gasteiger partial charge in [0.15, 0.2) is 0 Å². The van der Waals surface area contributed by atoms with Gasteiger partial charge in [0.05, 0.1) is 10.7 Å². The van der Waals surface area contributed by atoms with Gasteiger partial charge in [0, 0.05) is 11.8 Å². The lowest BCUT2D eigenvalue weighted by Crippen LogP contribution is -2.32. The monoisotopic (exact) mass is 214 g/mol. The number of nitrogens with two attached hydrogens (primary N) is 1. The Morgan fingerprint density at radius 2 is 2.36 bits per heavy atom. The van der Waals surface area contributed by atoms with Crippen LogP contribution in [0.4, 0.5) is 0 Å². The van der Waals surface area contributed by atoms with Crippen molar-refractivity contribution < 1.29 is 9.90 Å². The van der Waals surface area contributed by atoms with E-state index < -0.39 is 12.0 Å². The number of carbonyl (C=O) groups is 1. The summed E-state index contributed by atoms with van der Waals surface area (Å²) in [5.41, 5.74) is 6.40. The summed E-state index contributed by atoms with van der Waals surface area (Å²) in [7, 11) is 0. The van der Waals surface area contributed by atoms with Crippen LogP contribution in [0.15, 0.2) is 5.38 Å². The number of carboxylic acids is 1. The van der Waals surface area contributed by atoms with Crippen LogP contribution in [0.1, 0.15) is 30.5 Å². The molecule has 0 aromatic carbocycles. The third-order valence-electron chi connectivity index (χ3n) is 1.87. The lowest BCUT2D eigenvalue weighted by molar-refractivity contribution is -0.138. The standard InChI is InChI=1S/C9H14N2O2S/c1-5(2)7-4-14-8(11-7)3-6(10)9(12)13/h4-6H,3,10H2,1-2H3,(H,12,13). The van der Waals surface area contributed by atoms with E-state index in [2.05, 4.69) is 18.8 Å². The molecule has 0 amide bonds. The van der Waals surface area contributed by atoms with Gasteiger partial charge in [-0.1, -0.05) is 13.8 Å². The maximum atomic E-state index is 10.5. The van der Waals surface area contributed by atoms with Crippen LogP contribution < -0.4 is 5.73 Å². The summed E-state index contributed by atoms with van der Waals surface area (Å²) in [4.78, 5) is 14.8. The molecular formula is C9H14N2O2S. The van der Waals surface area contributed by atoms with E-state index in [1.165, 1.54) is 11.3 Å². The molecule has 0 aliphatic rings. The molecule has 78 valence electrons. The van der Waals surface area contributed by atoms with E-state index in [0.717, 1.165) is 10.7 Å². The Balaban J connectivity index is 2.64. The van der Waals surface area contributed by atoms with Crippen LogP contribution in [-0.2, 0) is 11.2 Å². The van der Waals surface area contributed by atoms with Crippen molar-refractivity contribution in [1.29, 1.82) is 0 Å².